The molecule has 1 rings (SSSR count). The second kappa shape index (κ2) is 5.39. The van der Waals surface area contributed by atoms with Crippen molar-refractivity contribution in [1.82, 2.24) is 10.6 Å². The van der Waals surface area contributed by atoms with Crippen molar-refractivity contribution in [2.45, 2.75) is 53.5 Å². The summed E-state index contributed by atoms with van der Waals surface area (Å²) in [5.74, 6) is -0.831. The Balaban J connectivity index is 2.35. The minimum Gasteiger partial charge on any atom is -0.481 e. The summed E-state index contributed by atoms with van der Waals surface area (Å²) in [7, 11) is 0. The average molecular weight is 270 g/mol. The maximum absolute atomic E-state index is 11.8. The van der Waals surface area contributed by atoms with Crippen molar-refractivity contribution >= 4 is 12.0 Å². The van der Waals surface area contributed by atoms with E-state index in [1.165, 1.54) is 0 Å². The Labute approximate surface area is 115 Å². The van der Waals surface area contributed by atoms with E-state index in [0.717, 1.165) is 6.42 Å². The van der Waals surface area contributed by atoms with Gasteiger partial charge >= 0.3 is 12.0 Å². The molecular formula is C14H26N2O3. The van der Waals surface area contributed by atoms with Gasteiger partial charge in [-0.05, 0) is 16.7 Å². The first-order valence-electron chi connectivity index (χ1n) is 6.89. The zero-order chi connectivity index (χ0) is 14.8. The first-order chi connectivity index (χ1) is 8.62. The smallest absolute Gasteiger partial charge is 0.315 e. The monoisotopic (exact) mass is 270 g/mol. The molecule has 0 aromatic heterocycles. The van der Waals surface area contributed by atoms with Gasteiger partial charge in [0.05, 0.1) is 0 Å². The number of rotatable bonds is 6. The van der Waals surface area contributed by atoms with Gasteiger partial charge < -0.3 is 15.7 Å². The fourth-order valence-electron chi connectivity index (χ4n) is 2.58. The van der Waals surface area contributed by atoms with E-state index in [0.29, 0.717) is 6.54 Å². The number of carboxylic acid groups (broad SMARTS) is 1. The summed E-state index contributed by atoms with van der Waals surface area (Å²) in [6.45, 7) is 10.9. The van der Waals surface area contributed by atoms with E-state index >= 15 is 0 Å². The first-order valence-corrected chi connectivity index (χ1v) is 6.89. The molecule has 19 heavy (non-hydrogen) atoms. The number of hydrogen-bond acceptors (Lipinski definition) is 2. The van der Waals surface area contributed by atoms with Gasteiger partial charge in [-0.2, -0.15) is 0 Å². The highest BCUT2D eigenvalue weighted by molar-refractivity contribution is 5.75. The molecule has 0 aromatic carbocycles. The van der Waals surface area contributed by atoms with Crippen LogP contribution in [-0.2, 0) is 4.79 Å². The van der Waals surface area contributed by atoms with E-state index in [2.05, 4.69) is 38.3 Å². The molecule has 0 saturated heterocycles. The van der Waals surface area contributed by atoms with Gasteiger partial charge in [0.2, 0.25) is 0 Å². The number of nitrogens with one attached hydrogen (secondary N) is 2. The van der Waals surface area contributed by atoms with Crippen molar-refractivity contribution in [3.63, 3.8) is 0 Å². The van der Waals surface area contributed by atoms with Crippen molar-refractivity contribution in [2.75, 3.05) is 6.54 Å². The van der Waals surface area contributed by atoms with Crippen LogP contribution in [0.15, 0.2) is 0 Å². The molecule has 5 heteroatoms. The number of amides is 2. The van der Waals surface area contributed by atoms with Crippen molar-refractivity contribution in [3.05, 3.63) is 0 Å². The molecule has 0 radical (unpaired) electrons. The molecule has 1 aliphatic carbocycles. The van der Waals surface area contributed by atoms with Crippen LogP contribution >= 0.6 is 0 Å². The van der Waals surface area contributed by atoms with Gasteiger partial charge in [0.1, 0.15) is 0 Å². The van der Waals surface area contributed by atoms with Crippen molar-refractivity contribution in [2.24, 2.45) is 16.7 Å². The molecule has 0 heterocycles. The Morgan fingerprint density at radius 3 is 2.11 bits per heavy atom. The van der Waals surface area contributed by atoms with Crippen LogP contribution in [0.25, 0.3) is 0 Å². The van der Waals surface area contributed by atoms with Crippen molar-refractivity contribution < 1.29 is 14.7 Å². The minimum atomic E-state index is -0.821. The summed E-state index contributed by atoms with van der Waals surface area (Å²) in [5, 5.41) is 14.5. The molecule has 5 nitrogen and oxygen atoms in total. The number of aliphatic carboxylic acids is 1. The summed E-state index contributed by atoms with van der Waals surface area (Å²) < 4.78 is 0. The largest absolute Gasteiger partial charge is 0.481 e. The molecule has 1 saturated carbocycles. The van der Waals surface area contributed by atoms with Gasteiger partial charge in [-0.15, -0.1) is 0 Å². The van der Waals surface area contributed by atoms with E-state index in [4.69, 9.17) is 5.11 Å². The van der Waals surface area contributed by atoms with Crippen LogP contribution in [0.2, 0.25) is 0 Å². The lowest BCUT2D eigenvalue weighted by Crippen LogP contribution is -2.41. The molecular weight excluding hydrogens is 244 g/mol. The fourth-order valence-corrected chi connectivity index (χ4v) is 2.58. The molecule has 0 aromatic rings. The SMILES string of the molecule is CCC(CNC(=O)NC1C(C)(C)C1(C)C)CC(=O)O. The zero-order valence-corrected chi connectivity index (χ0v) is 12.5. The molecule has 0 spiro atoms. The normalized spacial score (nSPS) is 21.5. The summed E-state index contributed by atoms with van der Waals surface area (Å²) in [4.78, 5) is 22.4. The molecule has 1 unspecified atom stereocenters. The molecule has 0 aliphatic heterocycles. The van der Waals surface area contributed by atoms with E-state index in [1.807, 2.05) is 6.92 Å². The molecule has 1 atom stereocenters. The highest BCUT2D eigenvalue weighted by Crippen LogP contribution is 2.62. The third-order valence-electron chi connectivity index (χ3n) is 4.89. The number of carbonyl (C=O) groups is 2. The molecule has 2 amide bonds. The number of carboxylic acids is 1. The van der Waals surface area contributed by atoms with Gasteiger partial charge in [0.15, 0.2) is 0 Å². The summed E-state index contributed by atoms with van der Waals surface area (Å²) >= 11 is 0. The molecule has 1 aliphatic rings. The Hall–Kier alpha value is -1.26. The number of hydrogen-bond donors (Lipinski definition) is 3. The van der Waals surface area contributed by atoms with Crippen LogP contribution in [0.3, 0.4) is 0 Å². The molecule has 0 bridgehead atoms. The second-order valence-electron chi connectivity index (χ2n) is 6.60. The van der Waals surface area contributed by atoms with Crippen LogP contribution in [0.1, 0.15) is 47.5 Å². The zero-order valence-electron chi connectivity index (χ0n) is 12.5. The fraction of sp³-hybridized carbons (Fsp3) is 0.857. The number of carbonyl (C=O) groups excluding carboxylic acids is 1. The Kier molecular flexibility index (Phi) is 4.48. The maximum atomic E-state index is 11.8. The van der Waals surface area contributed by atoms with Crippen LogP contribution < -0.4 is 10.6 Å². The Bertz CT molecular complexity index is 350. The van der Waals surface area contributed by atoms with Crippen molar-refractivity contribution in [1.29, 1.82) is 0 Å². The Morgan fingerprint density at radius 1 is 1.21 bits per heavy atom. The van der Waals surface area contributed by atoms with Gasteiger partial charge in [-0.25, -0.2) is 4.79 Å². The molecule has 3 N–H and O–H groups in total. The summed E-state index contributed by atoms with van der Waals surface area (Å²) in [5.41, 5.74) is 0.213. The van der Waals surface area contributed by atoms with E-state index in [9.17, 15) is 9.59 Å². The average Bonchev–Trinajstić information content (AvgIpc) is 2.66. The van der Waals surface area contributed by atoms with E-state index in [1.54, 1.807) is 0 Å². The lowest BCUT2D eigenvalue weighted by Gasteiger charge is -2.14. The van der Waals surface area contributed by atoms with Crippen LogP contribution in [0.4, 0.5) is 4.79 Å². The van der Waals surface area contributed by atoms with Crippen LogP contribution in [-0.4, -0.2) is 29.7 Å². The quantitative estimate of drug-likeness (QED) is 0.692. The maximum Gasteiger partial charge on any atom is 0.315 e. The minimum absolute atomic E-state index is 0.0107. The molecule has 110 valence electrons. The van der Waals surface area contributed by atoms with Crippen molar-refractivity contribution in [3.8, 4) is 0 Å². The lowest BCUT2D eigenvalue weighted by atomic mass is 10.0. The first kappa shape index (κ1) is 15.8. The molecule has 1 fully saturated rings. The second-order valence-corrected chi connectivity index (χ2v) is 6.60. The standard InChI is InChI=1S/C14H26N2O3/c1-6-9(7-10(17)18)8-15-12(19)16-11-13(2,3)14(11,4)5/h9,11H,6-8H2,1-5H3,(H,17,18)(H2,15,16,19). The topological polar surface area (TPSA) is 78.4 Å². The van der Waals surface area contributed by atoms with Gasteiger partial charge in [0, 0.05) is 19.0 Å². The van der Waals surface area contributed by atoms with Crippen LogP contribution in [0.5, 0.6) is 0 Å². The summed E-state index contributed by atoms with van der Waals surface area (Å²) in [6, 6.07) is -0.0351. The van der Waals surface area contributed by atoms with Crippen LogP contribution in [0, 0.1) is 16.7 Å². The summed E-state index contributed by atoms with van der Waals surface area (Å²) in [6.07, 6.45) is 0.837. The predicted molar refractivity (Wildman–Crippen MR) is 73.9 cm³/mol. The lowest BCUT2D eigenvalue weighted by molar-refractivity contribution is -0.138. The van der Waals surface area contributed by atoms with Gasteiger partial charge in [-0.1, -0.05) is 41.0 Å². The highest BCUT2D eigenvalue weighted by atomic mass is 16.4. The van der Waals surface area contributed by atoms with E-state index < -0.39 is 5.97 Å². The van der Waals surface area contributed by atoms with E-state index in [-0.39, 0.29) is 35.2 Å². The number of urea groups is 1. The predicted octanol–water partition coefficient (Wildman–Crippen LogP) is 2.22. The van der Waals surface area contributed by atoms with Gasteiger partial charge in [0.25, 0.3) is 0 Å². The highest BCUT2D eigenvalue weighted by Gasteiger charge is 2.65. The third-order valence-corrected chi connectivity index (χ3v) is 4.89. The van der Waals surface area contributed by atoms with Gasteiger partial charge in [-0.3, -0.25) is 4.79 Å². The Morgan fingerprint density at radius 2 is 1.74 bits per heavy atom. The third kappa shape index (κ3) is 3.39.